The van der Waals surface area contributed by atoms with E-state index in [2.05, 4.69) is 48.3 Å². The minimum Gasteiger partial charge on any atom is -0.379 e. The number of hydrogen-bond donors (Lipinski definition) is 2. The molecule has 0 bridgehead atoms. The Morgan fingerprint density at radius 1 is 1.25 bits per heavy atom. The Labute approximate surface area is 121 Å². The van der Waals surface area contributed by atoms with Gasteiger partial charge in [0.1, 0.15) is 17.5 Å². The van der Waals surface area contributed by atoms with Crippen LogP contribution < -0.4 is 10.6 Å². The highest BCUT2D eigenvalue weighted by Crippen LogP contribution is 2.27. The summed E-state index contributed by atoms with van der Waals surface area (Å²) < 4.78 is 5.50. The van der Waals surface area contributed by atoms with Gasteiger partial charge in [0, 0.05) is 25.1 Å². The molecular weight excluding hydrogens is 252 g/mol. The summed E-state index contributed by atoms with van der Waals surface area (Å²) in [6.07, 6.45) is 2.93. The molecule has 0 aliphatic carbocycles. The lowest BCUT2D eigenvalue weighted by Gasteiger charge is -2.26. The Morgan fingerprint density at radius 2 is 2.00 bits per heavy atom. The maximum atomic E-state index is 5.50. The van der Waals surface area contributed by atoms with Crippen molar-refractivity contribution in [3.05, 3.63) is 11.4 Å². The predicted molar refractivity (Wildman–Crippen MR) is 82.4 cm³/mol. The number of hydrogen-bond acceptors (Lipinski definition) is 5. The molecule has 0 aromatic carbocycles. The number of aromatic nitrogens is 2. The van der Waals surface area contributed by atoms with Crippen LogP contribution in [0.5, 0.6) is 0 Å². The number of ether oxygens (including phenoxy) is 1. The van der Waals surface area contributed by atoms with Gasteiger partial charge in [-0.05, 0) is 26.7 Å². The Balaban J connectivity index is 2.26. The molecule has 1 unspecified atom stereocenters. The molecule has 0 spiro atoms. The van der Waals surface area contributed by atoms with Gasteiger partial charge in [-0.2, -0.15) is 0 Å². The van der Waals surface area contributed by atoms with Gasteiger partial charge >= 0.3 is 0 Å². The van der Waals surface area contributed by atoms with E-state index in [9.17, 15) is 0 Å². The van der Waals surface area contributed by atoms with Crippen LogP contribution in [0.4, 0.5) is 11.6 Å². The zero-order chi connectivity index (χ0) is 14.6. The van der Waals surface area contributed by atoms with Crippen LogP contribution >= 0.6 is 0 Å². The lowest BCUT2D eigenvalue weighted by Crippen LogP contribution is -2.36. The third kappa shape index (κ3) is 3.39. The van der Waals surface area contributed by atoms with E-state index in [1.54, 1.807) is 0 Å². The summed E-state index contributed by atoms with van der Waals surface area (Å²) in [5.41, 5.74) is 1.07. The van der Waals surface area contributed by atoms with Crippen molar-refractivity contribution in [3.63, 3.8) is 0 Å². The molecule has 1 atom stereocenters. The molecule has 0 saturated carbocycles. The molecule has 1 saturated heterocycles. The average molecular weight is 278 g/mol. The van der Waals surface area contributed by atoms with Crippen molar-refractivity contribution in [3.8, 4) is 0 Å². The van der Waals surface area contributed by atoms with Crippen LogP contribution in [-0.2, 0) is 11.2 Å². The van der Waals surface area contributed by atoms with Crippen molar-refractivity contribution in [1.29, 1.82) is 0 Å². The largest absolute Gasteiger partial charge is 0.379 e. The highest BCUT2D eigenvalue weighted by molar-refractivity contribution is 5.58. The monoisotopic (exact) mass is 278 g/mol. The van der Waals surface area contributed by atoms with Gasteiger partial charge in [0.25, 0.3) is 0 Å². The van der Waals surface area contributed by atoms with Gasteiger partial charge in [-0.3, -0.25) is 0 Å². The topological polar surface area (TPSA) is 59.1 Å². The van der Waals surface area contributed by atoms with Crippen LogP contribution in [0.1, 0.15) is 45.0 Å². The Kier molecular flexibility index (Phi) is 4.81. The van der Waals surface area contributed by atoms with E-state index >= 15 is 0 Å². The SMILES string of the molecule is CCCNc1nc(CC)nc(NC2(C)CCOC2)c1C. The summed E-state index contributed by atoms with van der Waals surface area (Å²) in [5, 5.41) is 6.95. The molecule has 1 aliphatic heterocycles. The smallest absolute Gasteiger partial charge is 0.135 e. The molecule has 2 N–H and O–H groups in total. The van der Waals surface area contributed by atoms with E-state index in [0.717, 1.165) is 62.0 Å². The van der Waals surface area contributed by atoms with Gasteiger partial charge in [0.15, 0.2) is 0 Å². The molecule has 2 heterocycles. The van der Waals surface area contributed by atoms with E-state index in [-0.39, 0.29) is 5.54 Å². The van der Waals surface area contributed by atoms with Gasteiger partial charge in [-0.15, -0.1) is 0 Å². The summed E-state index contributed by atoms with van der Waals surface area (Å²) >= 11 is 0. The van der Waals surface area contributed by atoms with Crippen LogP contribution in [-0.4, -0.2) is 35.3 Å². The molecule has 1 aliphatic rings. The number of nitrogens with zero attached hydrogens (tertiary/aromatic N) is 2. The molecule has 5 nitrogen and oxygen atoms in total. The fourth-order valence-corrected chi connectivity index (χ4v) is 2.31. The van der Waals surface area contributed by atoms with Gasteiger partial charge in [0.2, 0.25) is 0 Å². The van der Waals surface area contributed by atoms with Gasteiger partial charge in [-0.1, -0.05) is 13.8 Å². The van der Waals surface area contributed by atoms with Crippen LogP contribution in [0.25, 0.3) is 0 Å². The normalized spacial score (nSPS) is 22.0. The van der Waals surface area contributed by atoms with E-state index in [0.29, 0.717) is 0 Å². The minimum atomic E-state index is -0.0217. The van der Waals surface area contributed by atoms with Crippen molar-refractivity contribution in [2.24, 2.45) is 0 Å². The molecule has 1 aromatic heterocycles. The van der Waals surface area contributed by atoms with Gasteiger partial charge in [-0.25, -0.2) is 9.97 Å². The first-order chi connectivity index (χ1) is 9.58. The minimum absolute atomic E-state index is 0.0217. The summed E-state index contributed by atoms with van der Waals surface area (Å²) in [5.74, 6) is 2.76. The molecule has 20 heavy (non-hydrogen) atoms. The quantitative estimate of drug-likeness (QED) is 0.838. The Bertz CT molecular complexity index is 455. The lowest BCUT2D eigenvalue weighted by atomic mass is 10.0. The second-order valence-corrected chi connectivity index (χ2v) is 5.73. The third-order valence-corrected chi connectivity index (χ3v) is 3.69. The number of rotatable bonds is 6. The molecule has 5 heteroatoms. The lowest BCUT2D eigenvalue weighted by molar-refractivity contribution is 0.185. The highest BCUT2D eigenvalue weighted by Gasteiger charge is 2.30. The van der Waals surface area contributed by atoms with Crippen molar-refractivity contribution in [2.75, 3.05) is 30.4 Å². The maximum Gasteiger partial charge on any atom is 0.135 e. The zero-order valence-corrected chi connectivity index (χ0v) is 13.0. The van der Waals surface area contributed by atoms with Crippen LogP contribution in [0.3, 0.4) is 0 Å². The highest BCUT2D eigenvalue weighted by atomic mass is 16.5. The summed E-state index contributed by atoms with van der Waals surface area (Å²) in [4.78, 5) is 9.24. The first-order valence-corrected chi connectivity index (χ1v) is 7.55. The molecule has 0 amide bonds. The fourth-order valence-electron chi connectivity index (χ4n) is 2.31. The van der Waals surface area contributed by atoms with E-state index < -0.39 is 0 Å². The molecule has 1 aromatic rings. The van der Waals surface area contributed by atoms with Crippen molar-refractivity contribution in [1.82, 2.24) is 9.97 Å². The zero-order valence-electron chi connectivity index (χ0n) is 13.0. The molecule has 0 radical (unpaired) electrons. The van der Waals surface area contributed by atoms with E-state index in [1.165, 1.54) is 0 Å². The Hall–Kier alpha value is -1.36. The van der Waals surface area contributed by atoms with Crippen LogP contribution in [0.2, 0.25) is 0 Å². The standard InChI is InChI=1S/C15H26N4O/c1-5-8-16-13-11(3)14(18-12(6-2)17-13)19-15(4)7-9-20-10-15/h5-10H2,1-4H3,(H2,16,17,18,19). The van der Waals surface area contributed by atoms with Crippen molar-refractivity contribution in [2.45, 2.75) is 52.5 Å². The van der Waals surface area contributed by atoms with Gasteiger partial charge < -0.3 is 15.4 Å². The van der Waals surface area contributed by atoms with Crippen molar-refractivity contribution < 1.29 is 4.74 Å². The molecule has 2 rings (SSSR count). The van der Waals surface area contributed by atoms with Crippen molar-refractivity contribution >= 4 is 11.6 Å². The average Bonchev–Trinajstić information content (AvgIpc) is 2.86. The summed E-state index contributed by atoms with van der Waals surface area (Å²) in [7, 11) is 0. The second kappa shape index (κ2) is 6.39. The molecule has 1 fully saturated rings. The molecular formula is C15H26N4O. The van der Waals surface area contributed by atoms with Crippen LogP contribution in [0, 0.1) is 6.92 Å². The van der Waals surface area contributed by atoms with Gasteiger partial charge in [0.05, 0.1) is 12.1 Å². The number of anilines is 2. The third-order valence-electron chi connectivity index (χ3n) is 3.69. The fraction of sp³-hybridized carbons (Fsp3) is 0.733. The Morgan fingerprint density at radius 3 is 2.60 bits per heavy atom. The van der Waals surface area contributed by atoms with E-state index in [1.807, 2.05) is 0 Å². The number of nitrogens with one attached hydrogen (secondary N) is 2. The maximum absolute atomic E-state index is 5.50. The summed E-state index contributed by atoms with van der Waals surface area (Å²) in [6.45, 7) is 11.0. The number of aryl methyl sites for hydroxylation is 1. The summed E-state index contributed by atoms with van der Waals surface area (Å²) in [6, 6.07) is 0. The second-order valence-electron chi connectivity index (χ2n) is 5.73. The first-order valence-electron chi connectivity index (χ1n) is 7.55. The first kappa shape index (κ1) is 15.0. The van der Waals surface area contributed by atoms with Crippen LogP contribution in [0.15, 0.2) is 0 Å². The predicted octanol–water partition coefficient (Wildman–Crippen LogP) is 2.76. The molecule has 112 valence electrons. The van der Waals surface area contributed by atoms with E-state index in [4.69, 9.17) is 4.74 Å².